The average molecular weight is 188 g/mol. The number of nitrogens with one attached hydrogen (secondary N) is 1. The van der Waals surface area contributed by atoms with E-state index >= 15 is 0 Å². The highest BCUT2D eigenvalue weighted by atomic mass is 16.3. The van der Waals surface area contributed by atoms with Crippen molar-refractivity contribution in [3.05, 3.63) is 42.5 Å². The summed E-state index contributed by atoms with van der Waals surface area (Å²) in [6.45, 7) is 1.76. The Kier molecular flexibility index (Phi) is 2.33. The summed E-state index contributed by atoms with van der Waals surface area (Å²) in [4.78, 5) is 6.95. The molecule has 72 valence electrons. The van der Waals surface area contributed by atoms with Gasteiger partial charge in [0.05, 0.1) is 6.10 Å². The molecule has 0 amide bonds. The molecule has 2 heterocycles. The van der Waals surface area contributed by atoms with Crippen LogP contribution in [0.3, 0.4) is 0 Å². The molecule has 0 aliphatic heterocycles. The van der Waals surface area contributed by atoms with E-state index in [4.69, 9.17) is 0 Å². The van der Waals surface area contributed by atoms with Gasteiger partial charge in [-0.05, 0) is 24.6 Å². The number of aromatic nitrogens is 2. The number of pyridine rings is 1. The Bertz CT molecular complexity index is 406. The van der Waals surface area contributed by atoms with Gasteiger partial charge in [0, 0.05) is 35.9 Å². The Morgan fingerprint density at radius 2 is 2.00 bits per heavy atom. The summed E-state index contributed by atoms with van der Waals surface area (Å²) in [6, 6.07) is 3.85. The highest BCUT2D eigenvalue weighted by Crippen LogP contribution is 2.27. The van der Waals surface area contributed by atoms with Gasteiger partial charge in [0.1, 0.15) is 0 Å². The molecule has 3 nitrogen and oxygen atoms in total. The molecule has 14 heavy (non-hydrogen) atoms. The Morgan fingerprint density at radius 3 is 2.64 bits per heavy atom. The fourth-order valence-corrected chi connectivity index (χ4v) is 1.50. The lowest BCUT2D eigenvalue weighted by atomic mass is 10.0. The predicted molar refractivity (Wildman–Crippen MR) is 54.7 cm³/mol. The van der Waals surface area contributed by atoms with E-state index in [9.17, 15) is 5.11 Å². The molecule has 0 aromatic carbocycles. The first kappa shape index (κ1) is 8.97. The lowest BCUT2D eigenvalue weighted by Gasteiger charge is -2.05. The van der Waals surface area contributed by atoms with Gasteiger partial charge in [0.15, 0.2) is 0 Å². The van der Waals surface area contributed by atoms with Crippen molar-refractivity contribution in [2.45, 2.75) is 13.0 Å². The lowest BCUT2D eigenvalue weighted by molar-refractivity contribution is 0.200. The number of hydrogen-bond donors (Lipinski definition) is 2. The number of hydrogen-bond acceptors (Lipinski definition) is 2. The number of aromatic amines is 1. The van der Waals surface area contributed by atoms with Gasteiger partial charge in [-0.15, -0.1) is 0 Å². The third-order valence-electron chi connectivity index (χ3n) is 2.22. The van der Waals surface area contributed by atoms with Gasteiger partial charge in [-0.25, -0.2) is 0 Å². The monoisotopic (exact) mass is 188 g/mol. The van der Waals surface area contributed by atoms with E-state index in [0.717, 1.165) is 16.7 Å². The van der Waals surface area contributed by atoms with Crippen molar-refractivity contribution in [3.63, 3.8) is 0 Å². The van der Waals surface area contributed by atoms with Crippen LogP contribution in [0.2, 0.25) is 0 Å². The molecule has 2 rings (SSSR count). The van der Waals surface area contributed by atoms with Crippen LogP contribution in [0.4, 0.5) is 0 Å². The van der Waals surface area contributed by atoms with Gasteiger partial charge in [-0.2, -0.15) is 0 Å². The molecule has 2 aromatic rings. The fourth-order valence-electron chi connectivity index (χ4n) is 1.50. The van der Waals surface area contributed by atoms with Crippen LogP contribution in [-0.2, 0) is 0 Å². The zero-order valence-electron chi connectivity index (χ0n) is 7.94. The Labute approximate surface area is 82.4 Å². The zero-order valence-corrected chi connectivity index (χ0v) is 7.94. The van der Waals surface area contributed by atoms with Crippen molar-refractivity contribution in [2.75, 3.05) is 0 Å². The van der Waals surface area contributed by atoms with E-state index in [1.54, 1.807) is 19.3 Å². The minimum atomic E-state index is -0.454. The first-order chi connectivity index (χ1) is 6.79. The van der Waals surface area contributed by atoms with Crippen LogP contribution < -0.4 is 0 Å². The Morgan fingerprint density at radius 1 is 1.29 bits per heavy atom. The average Bonchev–Trinajstić information content (AvgIpc) is 2.67. The van der Waals surface area contributed by atoms with Crippen LogP contribution in [-0.4, -0.2) is 15.1 Å². The standard InChI is InChI=1S/C11H12N2O/c1-8(14)10-6-13-7-11(10)9-2-4-12-5-3-9/h2-8,13-14H,1H3. The highest BCUT2D eigenvalue weighted by molar-refractivity contribution is 5.66. The molecule has 0 aliphatic rings. The van der Waals surface area contributed by atoms with Crippen LogP contribution in [0.5, 0.6) is 0 Å². The van der Waals surface area contributed by atoms with E-state index in [-0.39, 0.29) is 0 Å². The van der Waals surface area contributed by atoms with Crippen LogP contribution in [0.15, 0.2) is 36.9 Å². The summed E-state index contributed by atoms with van der Waals surface area (Å²) < 4.78 is 0. The van der Waals surface area contributed by atoms with Gasteiger partial charge in [-0.1, -0.05) is 0 Å². The normalized spacial score (nSPS) is 12.7. The molecule has 0 saturated carbocycles. The maximum absolute atomic E-state index is 9.52. The van der Waals surface area contributed by atoms with E-state index in [0.29, 0.717) is 0 Å². The molecule has 0 aliphatic carbocycles. The summed E-state index contributed by atoms with van der Waals surface area (Å²) in [5.74, 6) is 0. The summed E-state index contributed by atoms with van der Waals surface area (Å²) in [6.07, 6.45) is 6.74. The van der Waals surface area contributed by atoms with E-state index in [2.05, 4.69) is 9.97 Å². The number of aliphatic hydroxyl groups excluding tert-OH is 1. The minimum Gasteiger partial charge on any atom is -0.389 e. The maximum Gasteiger partial charge on any atom is 0.0782 e. The first-order valence-corrected chi connectivity index (χ1v) is 4.54. The van der Waals surface area contributed by atoms with Crippen molar-refractivity contribution in [2.24, 2.45) is 0 Å². The molecule has 0 saturated heterocycles. The third-order valence-corrected chi connectivity index (χ3v) is 2.22. The Hall–Kier alpha value is -1.61. The summed E-state index contributed by atoms with van der Waals surface area (Å²) in [5.41, 5.74) is 3.01. The highest BCUT2D eigenvalue weighted by Gasteiger charge is 2.09. The second kappa shape index (κ2) is 3.64. The Balaban J connectivity index is 2.47. The molecule has 1 unspecified atom stereocenters. The van der Waals surface area contributed by atoms with Gasteiger partial charge in [0.25, 0.3) is 0 Å². The fraction of sp³-hybridized carbons (Fsp3) is 0.182. The number of H-pyrrole nitrogens is 1. The second-order valence-electron chi connectivity index (χ2n) is 3.24. The van der Waals surface area contributed by atoms with Crippen molar-refractivity contribution in [3.8, 4) is 11.1 Å². The smallest absolute Gasteiger partial charge is 0.0782 e. The molecule has 2 aromatic heterocycles. The molecular weight excluding hydrogens is 176 g/mol. The van der Waals surface area contributed by atoms with Gasteiger partial charge < -0.3 is 10.1 Å². The van der Waals surface area contributed by atoms with Gasteiger partial charge in [0.2, 0.25) is 0 Å². The molecule has 3 heteroatoms. The van der Waals surface area contributed by atoms with Crippen LogP contribution in [0, 0.1) is 0 Å². The van der Waals surface area contributed by atoms with E-state index < -0.39 is 6.10 Å². The van der Waals surface area contributed by atoms with Crippen molar-refractivity contribution in [1.29, 1.82) is 0 Å². The van der Waals surface area contributed by atoms with E-state index in [1.165, 1.54) is 0 Å². The molecule has 0 bridgehead atoms. The predicted octanol–water partition coefficient (Wildman–Crippen LogP) is 2.13. The van der Waals surface area contributed by atoms with Crippen molar-refractivity contribution >= 4 is 0 Å². The SMILES string of the molecule is CC(O)c1c[nH]cc1-c1ccncc1. The van der Waals surface area contributed by atoms with Crippen molar-refractivity contribution in [1.82, 2.24) is 9.97 Å². The van der Waals surface area contributed by atoms with Gasteiger partial charge in [-0.3, -0.25) is 4.98 Å². The lowest BCUT2D eigenvalue weighted by Crippen LogP contribution is -1.90. The minimum absolute atomic E-state index is 0.454. The summed E-state index contributed by atoms with van der Waals surface area (Å²) in [5, 5.41) is 9.52. The quantitative estimate of drug-likeness (QED) is 0.758. The maximum atomic E-state index is 9.52. The third kappa shape index (κ3) is 1.54. The number of rotatable bonds is 2. The summed E-state index contributed by atoms with van der Waals surface area (Å²) in [7, 11) is 0. The largest absolute Gasteiger partial charge is 0.389 e. The first-order valence-electron chi connectivity index (χ1n) is 4.54. The van der Waals surface area contributed by atoms with Crippen LogP contribution >= 0.6 is 0 Å². The topological polar surface area (TPSA) is 48.9 Å². The zero-order chi connectivity index (χ0) is 9.97. The molecule has 2 N–H and O–H groups in total. The molecule has 0 spiro atoms. The molecule has 1 atom stereocenters. The van der Waals surface area contributed by atoms with Crippen LogP contribution in [0.1, 0.15) is 18.6 Å². The molecule has 0 radical (unpaired) electrons. The van der Waals surface area contributed by atoms with Gasteiger partial charge >= 0.3 is 0 Å². The number of aliphatic hydroxyl groups is 1. The molecular formula is C11H12N2O. The second-order valence-corrected chi connectivity index (χ2v) is 3.24. The molecule has 0 fully saturated rings. The van der Waals surface area contributed by atoms with Crippen LogP contribution in [0.25, 0.3) is 11.1 Å². The summed E-state index contributed by atoms with van der Waals surface area (Å²) >= 11 is 0. The number of nitrogens with zero attached hydrogens (tertiary/aromatic N) is 1. The van der Waals surface area contributed by atoms with E-state index in [1.807, 2.05) is 24.5 Å². The van der Waals surface area contributed by atoms with Crippen molar-refractivity contribution < 1.29 is 5.11 Å².